The summed E-state index contributed by atoms with van der Waals surface area (Å²) in [7, 11) is 0. The van der Waals surface area contributed by atoms with Gasteiger partial charge in [-0.3, -0.25) is 4.79 Å². The van der Waals surface area contributed by atoms with Gasteiger partial charge in [-0.05, 0) is 36.4 Å². The molecule has 0 saturated heterocycles. The second kappa shape index (κ2) is 5.29. The van der Waals surface area contributed by atoms with Crippen LogP contribution >= 0.6 is 11.3 Å². The molecule has 4 rings (SSSR count). The van der Waals surface area contributed by atoms with E-state index >= 15 is 0 Å². The van der Waals surface area contributed by atoms with Gasteiger partial charge in [-0.1, -0.05) is 37.1 Å². The number of carbonyl (C=O) groups is 1. The molecule has 22 heavy (non-hydrogen) atoms. The molecule has 2 aromatic heterocycles. The van der Waals surface area contributed by atoms with Crippen LogP contribution in [-0.2, 0) is 5.54 Å². The van der Waals surface area contributed by atoms with Gasteiger partial charge < -0.3 is 9.73 Å². The Balaban J connectivity index is 1.65. The maximum Gasteiger partial charge on any atom is 0.287 e. The zero-order chi connectivity index (χ0) is 15.0. The summed E-state index contributed by atoms with van der Waals surface area (Å²) >= 11 is 1.72. The Bertz CT molecular complexity index is 764. The third-order valence-corrected chi connectivity index (χ3v) is 5.53. The van der Waals surface area contributed by atoms with Gasteiger partial charge in [0.1, 0.15) is 5.58 Å². The maximum atomic E-state index is 12.7. The van der Waals surface area contributed by atoms with Gasteiger partial charge in [0, 0.05) is 10.3 Å². The summed E-state index contributed by atoms with van der Waals surface area (Å²) in [6, 6.07) is 13.7. The lowest BCUT2D eigenvalue weighted by Crippen LogP contribution is -2.43. The molecule has 2 heterocycles. The van der Waals surface area contributed by atoms with Crippen LogP contribution in [-0.4, -0.2) is 5.91 Å². The van der Waals surface area contributed by atoms with Gasteiger partial charge in [-0.15, -0.1) is 11.3 Å². The van der Waals surface area contributed by atoms with Crippen LogP contribution in [0.4, 0.5) is 0 Å². The zero-order valence-electron chi connectivity index (χ0n) is 12.2. The number of nitrogens with one attached hydrogen (secondary N) is 1. The second-order valence-corrected chi connectivity index (χ2v) is 6.82. The number of benzene rings is 1. The molecule has 1 saturated carbocycles. The molecule has 0 unspecified atom stereocenters. The third kappa shape index (κ3) is 2.24. The van der Waals surface area contributed by atoms with Crippen LogP contribution in [0.3, 0.4) is 0 Å². The fourth-order valence-electron chi connectivity index (χ4n) is 3.34. The van der Waals surface area contributed by atoms with Crippen LogP contribution in [0, 0.1) is 0 Å². The lowest BCUT2D eigenvalue weighted by atomic mass is 9.95. The number of thiophene rings is 1. The summed E-state index contributed by atoms with van der Waals surface area (Å²) in [5.74, 6) is 0.274. The molecule has 0 spiro atoms. The Labute approximate surface area is 133 Å². The van der Waals surface area contributed by atoms with E-state index in [2.05, 4.69) is 16.8 Å². The molecular formula is C18H17NO2S. The molecule has 1 aliphatic rings. The van der Waals surface area contributed by atoms with Crippen molar-refractivity contribution in [3.8, 4) is 0 Å². The first-order valence-electron chi connectivity index (χ1n) is 7.62. The summed E-state index contributed by atoms with van der Waals surface area (Å²) < 4.78 is 5.69. The van der Waals surface area contributed by atoms with Crippen LogP contribution in [0.1, 0.15) is 41.1 Å². The van der Waals surface area contributed by atoms with Gasteiger partial charge >= 0.3 is 0 Å². The highest BCUT2D eigenvalue weighted by molar-refractivity contribution is 7.10. The zero-order valence-corrected chi connectivity index (χ0v) is 13.0. The monoisotopic (exact) mass is 311 g/mol. The number of fused-ring (bicyclic) bond motifs is 1. The summed E-state index contributed by atoms with van der Waals surface area (Å²) in [4.78, 5) is 13.9. The molecule has 1 aromatic carbocycles. The third-order valence-electron chi connectivity index (χ3n) is 4.45. The molecule has 112 valence electrons. The topological polar surface area (TPSA) is 42.2 Å². The van der Waals surface area contributed by atoms with Crippen molar-refractivity contribution in [3.63, 3.8) is 0 Å². The van der Waals surface area contributed by atoms with Crippen molar-refractivity contribution >= 4 is 28.2 Å². The Kier molecular flexibility index (Phi) is 3.26. The quantitative estimate of drug-likeness (QED) is 0.762. The smallest absolute Gasteiger partial charge is 0.287 e. The van der Waals surface area contributed by atoms with Gasteiger partial charge in [-0.2, -0.15) is 0 Å². The van der Waals surface area contributed by atoms with E-state index in [4.69, 9.17) is 4.42 Å². The van der Waals surface area contributed by atoms with Crippen molar-refractivity contribution in [1.82, 2.24) is 5.32 Å². The number of carbonyl (C=O) groups excluding carboxylic acids is 1. The lowest BCUT2D eigenvalue weighted by molar-refractivity contribution is 0.0873. The fraction of sp³-hybridized carbons (Fsp3) is 0.278. The molecule has 1 amide bonds. The van der Waals surface area contributed by atoms with Crippen LogP contribution in [0.2, 0.25) is 0 Å². The summed E-state index contributed by atoms with van der Waals surface area (Å²) in [6.45, 7) is 0. The lowest BCUT2D eigenvalue weighted by Gasteiger charge is -2.28. The molecule has 4 heteroatoms. The van der Waals surface area contributed by atoms with Crippen molar-refractivity contribution in [1.29, 1.82) is 0 Å². The Morgan fingerprint density at radius 3 is 2.68 bits per heavy atom. The van der Waals surface area contributed by atoms with Gasteiger partial charge in [-0.25, -0.2) is 0 Å². The molecule has 1 aliphatic carbocycles. The highest BCUT2D eigenvalue weighted by atomic mass is 32.1. The minimum atomic E-state index is -0.218. The van der Waals surface area contributed by atoms with E-state index < -0.39 is 0 Å². The van der Waals surface area contributed by atoms with Crippen molar-refractivity contribution < 1.29 is 9.21 Å². The minimum Gasteiger partial charge on any atom is -0.451 e. The standard InChI is InChI=1S/C18H17NO2S/c20-17(15-12-13-6-1-2-7-14(13)21-15)19-18(9-3-4-10-18)16-8-5-11-22-16/h1-2,5-8,11-12H,3-4,9-10H2,(H,19,20). The van der Waals surface area contributed by atoms with E-state index in [9.17, 15) is 4.79 Å². The van der Waals surface area contributed by atoms with Crippen LogP contribution < -0.4 is 5.32 Å². The number of hydrogen-bond donors (Lipinski definition) is 1. The highest BCUT2D eigenvalue weighted by Crippen LogP contribution is 2.41. The minimum absolute atomic E-state index is 0.119. The number of amides is 1. The number of hydrogen-bond acceptors (Lipinski definition) is 3. The van der Waals surface area contributed by atoms with E-state index in [1.807, 2.05) is 36.4 Å². The molecule has 1 fully saturated rings. The average molecular weight is 311 g/mol. The Morgan fingerprint density at radius 2 is 1.95 bits per heavy atom. The summed E-state index contributed by atoms with van der Waals surface area (Å²) in [6.07, 6.45) is 4.30. The van der Waals surface area contributed by atoms with Crippen molar-refractivity contribution in [3.05, 3.63) is 58.5 Å². The number of para-hydroxylation sites is 1. The van der Waals surface area contributed by atoms with E-state index in [1.165, 1.54) is 4.88 Å². The molecular weight excluding hydrogens is 294 g/mol. The average Bonchev–Trinajstić information content (AvgIpc) is 3.27. The molecule has 1 N–H and O–H groups in total. The molecule has 0 atom stereocenters. The Hall–Kier alpha value is -2.07. The van der Waals surface area contributed by atoms with Gasteiger partial charge in [0.25, 0.3) is 5.91 Å². The first kappa shape index (κ1) is 13.6. The molecule has 0 radical (unpaired) electrons. The Morgan fingerprint density at radius 1 is 1.14 bits per heavy atom. The maximum absolute atomic E-state index is 12.7. The molecule has 3 nitrogen and oxygen atoms in total. The normalized spacial score (nSPS) is 16.9. The molecule has 0 aliphatic heterocycles. The van der Waals surface area contributed by atoms with Gasteiger partial charge in [0.05, 0.1) is 5.54 Å². The fourth-order valence-corrected chi connectivity index (χ4v) is 4.28. The summed E-state index contributed by atoms with van der Waals surface area (Å²) in [5.41, 5.74) is 0.536. The number of furan rings is 1. The van der Waals surface area contributed by atoms with Crippen LogP contribution in [0.15, 0.2) is 52.3 Å². The number of rotatable bonds is 3. The van der Waals surface area contributed by atoms with E-state index in [0.29, 0.717) is 5.76 Å². The SMILES string of the molecule is O=C(NC1(c2cccs2)CCCC1)c1cc2ccccc2o1. The van der Waals surface area contributed by atoms with E-state index in [1.54, 1.807) is 11.3 Å². The van der Waals surface area contributed by atoms with E-state index in [0.717, 1.165) is 36.7 Å². The van der Waals surface area contributed by atoms with Gasteiger partial charge in [0.15, 0.2) is 5.76 Å². The highest BCUT2D eigenvalue weighted by Gasteiger charge is 2.38. The van der Waals surface area contributed by atoms with Crippen LogP contribution in [0.5, 0.6) is 0 Å². The van der Waals surface area contributed by atoms with Crippen molar-refractivity contribution in [2.24, 2.45) is 0 Å². The van der Waals surface area contributed by atoms with Crippen molar-refractivity contribution in [2.75, 3.05) is 0 Å². The van der Waals surface area contributed by atoms with E-state index in [-0.39, 0.29) is 11.4 Å². The second-order valence-electron chi connectivity index (χ2n) is 5.87. The molecule has 0 bridgehead atoms. The first-order chi connectivity index (χ1) is 10.8. The van der Waals surface area contributed by atoms with Crippen molar-refractivity contribution in [2.45, 2.75) is 31.2 Å². The largest absolute Gasteiger partial charge is 0.451 e. The van der Waals surface area contributed by atoms with Gasteiger partial charge in [0.2, 0.25) is 0 Å². The first-order valence-corrected chi connectivity index (χ1v) is 8.50. The summed E-state index contributed by atoms with van der Waals surface area (Å²) in [5, 5.41) is 6.28. The van der Waals surface area contributed by atoms with Crippen LogP contribution in [0.25, 0.3) is 11.0 Å². The predicted octanol–water partition coefficient (Wildman–Crippen LogP) is 4.69. The molecule has 3 aromatic rings. The predicted molar refractivity (Wildman–Crippen MR) is 88.1 cm³/mol.